The van der Waals surface area contributed by atoms with Crippen molar-refractivity contribution in [3.05, 3.63) is 52.5 Å². The number of ether oxygens (including phenoxy) is 2. The molecule has 2 aromatic carbocycles. The first-order chi connectivity index (χ1) is 14.7. The highest BCUT2D eigenvalue weighted by atomic mass is 35.5. The van der Waals surface area contributed by atoms with Crippen molar-refractivity contribution in [1.82, 2.24) is 5.32 Å². The van der Waals surface area contributed by atoms with E-state index in [0.717, 1.165) is 31.1 Å². The monoisotopic (exact) mass is 468 g/mol. The number of carbonyl (C=O) groups is 1. The van der Waals surface area contributed by atoms with Gasteiger partial charge >= 0.3 is 0 Å². The van der Waals surface area contributed by atoms with Gasteiger partial charge in [0.2, 0.25) is 10.0 Å². The van der Waals surface area contributed by atoms with Crippen molar-refractivity contribution in [2.45, 2.75) is 32.7 Å². The summed E-state index contributed by atoms with van der Waals surface area (Å²) in [5, 5.41) is 3.42. The molecule has 7 nitrogen and oxygen atoms in total. The minimum atomic E-state index is -3.73. The lowest BCUT2D eigenvalue weighted by Gasteiger charge is -2.26. The Kier molecular flexibility index (Phi) is 9.00. The molecule has 0 aliphatic carbocycles. The van der Waals surface area contributed by atoms with Crippen molar-refractivity contribution in [3.8, 4) is 11.5 Å². The molecule has 0 aliphatic heterocycles. The van der Waals surface area contributed by atoms with E-state index >= 15 is 0 Å². The Hall–Kier alpha value is -2.45. The number of carbonyl (C=O) groups excluding carboxylic acids is 1. The van der Waals surface area contributed by atoms with Crippen LogP contribution in [0.1, 0.15) is 42.1 Å². The first-order valence-electron chi connectivity index (χ1n) is 9.97. The topological polar surface area (TPSA) is 84.9 Å². The molecular formula is C22H29ClN2O5S. The van der Waals surface area contributed by atoms with E-state index < -0.39 is 10.0 Å². The molecule has 0 aromatic heterocycles. The normalized spacial score (nSPS) is 11.1. The highest BCUT2D eigenvalue weighted by Crippen LogP contribution is 2.37. The van der Waals surface area contributed by atoms with E-state index in [0.29, 0.717) is 23.1 Å². The second kappa shape index (κ2) is 11.2. The average molecular weight is 469 g/mol. The standard InChI is InChI=1S/C22H29ClN2O5S/c1-5-6-7-12-24-22(26)18-13-20(29-2)21(30-3)14-19(18)25(31(4,27)28)15-16-8-10-17(23)11-9-16/h8-11,13-14H,5-7,12,15H2,1-4H3,(H,24,26). The SMILES string of the molecule is CCCCCNC(=O)c1cc(OC)c(OC)cc1N(Cc1ccc(Cl)cc1)S(C)(=O)=O. The second-order valence-electron chi connectivity index (χ2n) is 7.08. The van der Waals surface area contributed by atoms with Gasteiger partial charge in [0.15, 0.2) is 11.5 Å². The van der Waals surface area contributed by atoms with Crippen LogP contribution in [0.15, 0.2) is 36.4 Å². The van der Waals surface area contributed by atoms with Gasteiger partial charge in [-0.15, -0.1) is 0 Å². The summed E-state index contributed by atoms with van der Waals surface area (Å²) in [5.74, 6) is 0.284. The lowest BCUT2D eigenvalue weighted by Crippen LogP contribution is -2.33. The Morgan fingerprint density at radius 2 is 1.68 bits per heavy atom. The Labute approximate surface area is 189 Å². The van der Waals surface area contributed by atoms with E-state index in [2.05, 4.69) is 12.2 Å². The molecular weight excluding hydrogens is 440 g/mol. The maximum Gasteiger partial charge on any atom is 0.253 e. The van der Waals surface area contributed by atoms with E-state index in [1.54, 1.807) is 24.3 Å². The number of benzene rings is 2. The number of nitrogens with one attached hydrogen (secondary N) is 1. The molecule has 2 aromatic rings. The summed E-state index contributed by atoms with van der Waals surface area (Å²) in [6, 6.07) is 9.87. The van der Waals surface area contributed by atoms with Crippen LogP contribution in [0, 0.1) is 0 Å². The molecule has 0 radical (unpaired) electrons. The zero-order valence-corrected chi connectivity index (χ0v) is 19.8. The van der Waals surface area contributed by atoms with E-state index in [9.17, 15) is 13.2 Å². The fourth-order valence-corrected chi connectivity index (χ4v) is 4.08. The number of rotatable bonds is 11. The smallest absolute Gasteiger partial charge is 0.253 e. The van der Waals surface area contributed by atoms with Gasteiger partial charge in [-0.25, -0.2) is 8.42 Å². The molecule has 1 amide bonds. The highest BCUT2D eigenvalue weighted by molar-refractivity contribution is 7.92. The molecule has 0 spiro atoms. The van der Waals surface area contributed by atoms with Crippen molar-refractivity contribution in [1.29, 1.82) is 0 Å². The van der Waals surface area contributed by atoms with Crippen LogP contribution in [0.5, 0.6) is 11.5 Å². The molecule has 0 heterocycles. The van der Waals surface area contributed by atoms with Gasteiger partial charge in [-0.2, -0.15) is 0 Å². The predicted octanol–water partition coefficient (Wildman–Crippen LogP) is 4.24. The summed E-state index contributed by atoms with van der Waals surface area (Å²) in [7, 11) is -0.817. The first kappa shape index (κ1) is 24.8. The van der Waals surface area contributed by atoms with Crippen LogP contribution in [-0.4, -0.2) is 41.3 Å². The molecule has 0 saturated carbocycles. The number of hydrogen-bond donors (Lipinski definition) is 1. The van der Waals surface area contributed by atoms with Gasteiger partial charge in [0.25, 0.3) is 5.91 Å². The van der Waals surface area contributed by atoms with Gasteiger partial charge in [-0.3, -0.25) is 9.10 Å². The molecule has 0 atom stereocenters. The van der Waals surface area contributed by atoms with Crippen LogP contribution < -0.4 is 19.1 Å². The third-order valence-electron chi connectivity index (χ3n) is 4.72. The van der Waals surface area contributed by atoms with Crippen molar-refractivity contribution >= 4 is 33.2 Å². The largest absolute Gasteiger partial charge is 0.493 e. The maximum atomic E-state index is 13.0. The predicted molar refractivity (Wildman–Crippen MR) is 124 cm³/mol. The minimum absolute atomic E-state index is 0.0294. The average Bonchev–Trinajstić information content (AvgIpc) is 2.74. The van der Waals surface area contributed by atoms with E-state index in [-0.39, 0.29) is 23.7 Å². The Bertz CT molecular complexity index is 994. The number of hydrogen-bond acceptors (Lipinski definition) is 5. The van der Waals surface area contributed by atoms with Crippen LogP contribution in [0.4, 0.5) is 5.69 Å². The van der Waals surface area contributed by atoms with E-state index in [1.807, 2.05) is 0 Å². The Morgan fingerprint density at radius 3 is 2.23 bits per heavy atom. The van der Waals surface area contributed by atoms with Crippen LogP contribution >= 0.6 is 11.6 Å². The number of methoxy groups -OCH3 is 2. The number of nitrogens with zero attached hydrogens (tertiary/aromatic N) is 1. The van der Waals surface area contributed by atoms with Crippen LogP contribution in [0.25, 0.3) is 0 Å². The Morgan fingerprint density at radius 1 is 1.06 bits per heavy atom. The lowest BCUT2D eigenvalue weighted by atomic mass is 10.1. The van der Waals surface area contributed by atoms with Crippen molar-refractivity contribution in [2.75, 3.05) is 31.3 Å². The highest BCUT2D eigenvalue weighted by Gasteiger charge is 2.26. The first-order valence-corrected chi connectivity index (χ1v) is 12.2. The maximum absolute atomic E-state index is 13.0. The summed E-state index contributed by atoms with van der Waals surface area (Å²) in [5.41, 5.74) is 1.12. The quantitative estimate of drug-likeness (QED) is 0.498. The summed E-state index contributed by atoms with van der Waals surface area (Å²) < 4.78 is 37.3. The molecule has 0 saturated heterocycles. The molecule has 0 aliphatic rings. The molecule has 2 rings (SSSR count). The van der Waals surface area contributed by atoms with E-state index in [4.69, 9.17) is 21.1 Å². The third-order valence-corrected chi connectivity index (χ3v) is 6.10. The van der Waals surface area contributed by atoms with Crippen molar-refractivity contribution in [2.24, 2.45) is 0 Å². The van der Waals surface area contributed by atoms with Gasteiger partial charge in [-0.05, 0) is 30.2 Å². The van der Waals surface area contributed by atoms with E-state index in [1.165, 1.54) is 30.7 Å². The minimum Gasteiger partial charge on any atom is -0.493 e. The Balaban J connectivity index is 2.53. The summed E-state index contributed by atoms with van der Waals surface area (Å²) >= 11 is 5.95. The summed E-state index contributed by atoms with van der Waals surface area (Å²) in [4.78, 5) is 13.0. The fraction of sp³-hybridized carbons (Fsp3) is 0.409. The van der Waals surface area contributed by atoms with Crippen molar-refractivity contribution in [3.63, 3.8) is 0 Å². The van der Waals surface area contributed by atoms with Gasteiger partial charge in [0, 0.05) is 17.6 Å². The third kappa shape index (κ3) is 6.77. The molecule has 170 valence electrons. The molecule has 1 N–H and O–H groups in total. The molecule has 0 bridgehead atoms. The fourth-order valence-electron chi connectivity index (χ4n) is 3.07. The van der Waals surface area contributed by atoms with Crippen LogP contribution in [0.2, 0.25) is 5.02 Å². The van der Waals surface area contributed by atoms with Gasteiger partial charge in [-0.1, -0.05) is 43.5 Å². The van der Waals surface area contributed by atoms with Gasteiger partial charge < -0.3 is 14.8 Å². The molecule has 9 heteroatoms. The summed E-state index contributed by atoms with van der Waals surface area (Å²) in [6.45, 7) is 2.60. The summed E-state index contributed by atoms with van der Waals surface area (Å²) in [6.07, 6.45) is 3.96. The lowest BCUT2D eigenvalue weighted by molar-refractivity contribution is 0.0953. The van der Waals surface area contributed by atoms with Gasteiger partial charge in [0.1, 0.15) is 0 Å². The molecule has 0 fully saturated rings. The zero-order chi connectivity index (χ0) is 23.0. The zero-order valence-electron chi connectivity index (χ0n) is 18.3. The number of unbranched alkanes of at least 4 members (excludes halogenated alkanes) is 2. The molecule has 31 heavy (non-hydrogen) atoms. The number of anilines is 1. The molecule has 0 unspecified atom stereocenters. The number of sulfonamides is 1. The second-order valence-corrected chi connectivity index (χ2v) is 9.43. The van der Waals surface area contributed by atoms with Crippen molar-refractivity contribution < 1.29 is 22.7 Å². The number of halogens is 1. The van der Waals surface area contributed by atoms with Crippen LogP contribution in [0.3, 0.4) is 0 Å². The van der Waals surface area contributed by atoms with Gasteiger partial charge in [0.05, 0.1) is 38.3 Å². The number of amides is 1. The van der Waals surface area contributed by atoms with Crippen LogP contribution in [-0.2, 0) is 16.6 Å².